The molecule has 0 unspecified atom stereocenters. The van der Waals surface area contributed by atoms with Gasteiger partial charge in [0.15, 0.2) is 0 Å². The highest BCUT2D eigenvalue weighted by molar-refractivity contribution is 4.69. The predicted molar refractivity (Wildman–Crippen MR) is 130 cm³/mol. The van der Waals surface area contributed by atoms with E-state index in [-0.39, 0.29) is 0 Å². The fourth-order valence-corrected chi connectivity index (χ4v) is 3.37. The van der Waals surface area contributed by atoms with Crippen LogP contribution in [0.3, 0.4) is 0 Å². The van der Waals surface area contributed by atoms with Crippen molar-refractivity contribution in [2.45, 2.75) is 139 Å². The average molecular weight is 399 g/mol. The van der Waals surface area contributed by atoms with Gasteiger partial charge in [0.2, 0.25) is 0 Å². The molecule has 172 valence electrons. The zero-order chi connectivity index (χ0) is 21.6. The maximum atomic E-state index is 5.07. The van der Waals surface area contributed by atoms with Crippen LogP contribution in [0.2, 0.25) is 0 Å². The molecule has 2 saturated carbocycles. The van der Waals surface area contributed by atoms with Gasteiger partial charge in [-0.1, -0.05) is 120 Å². The molecule has 1 nitrogen and oxygen atoms in total. The fourth-order valence-electron chi connectivity index (χ4n) is 3.37. The topological polar surface area (TPSA) is 9.23 Å². The summed E-state index contributed by atoms with van der Waals surface area (Å²) in [4.78, 5) is 0. The zero-order valence-electron chi connectivity index (χ0n) is 21.3. The normalized spacial score (nSPS) is 19.4. The molecule has 1 heteroatoms. The second kappa shape index (κ2) is 23.2. The fraction of sp³-hybridized carbons (Fsp3) is 1.00. The van der Waals surface area contributed by atoms with Gasteiger partial charge < -0.3 is 4.74 Å². The quantitative estimate of drug-likeness (QED) is 0.427. The van der Waals surface area contributed by atoms with E-state index < -0.39 is 0 Å². The van der Waals surface area contributed by atoms with Gasteiger partial charge in [-0.15, -0.1) is 0 Å². The van der Waals surface area contributed by atoms with Crippen LogP contribution in [0.5, 0.6) is 0 Å². The SMILES string of the molecule is C1CCCCC1.C1CCOCC1.CC(C)C.CC(C)C.CC(C)C1CCCC1. The van der Waals surface area contributed by atoms with E-state index in [2.05, 4.69) is 55.4 Å². The highest BCUT2D eigenvalue weighted by Crippen LogP contribution is 2.30. The van der Waals surface area contributed by atoms with E-state index in [0.717, 1.165) is 36.9 Å². The van der Waals surface area contributed by atoms with Gasteiger partial charge in [-0.05, 0) is 42.9 Å². The van der Waals surface area contributed by atoms with Crippen molar-refractivity contribution < 1.29 is 4.74 Å². The van der Waals surface area contributed by atoms with Crippen LogP contribution in [0, 0.1) is 23.7 Å². The van der Waals surface area contributed by atoms with E-state index in [0.29, 0.717) is 0 Å². The summed E-state index contributed by atoms with van der Waals surface area (Å²) in [5.74, 6) is 3.67. The van der Waals surface area contributed by atoms with Crippen molar-refractivity contribution in [1.29, 1.82) is 0 Å². The minimum atomic E-state index is 0.833. The lowest BCUT2D eigenvalue weighted by Gasteiger charge is -2.11. The van der Waals surface area contributed by atoms with Crippen molar-refractivity contribution in [3.63, 3.8) is 0 Å². The zero-order valence-corrected chi connectivity index (χ0v) is 21.3. The summed E-state index contributed by atoms with van der Waals surface area (Å²) in [6.07, 6.45) is 18.9. The van der Waals surface area contributed by atoms with Crippen LogP contribution < -0.4 is 0 Å². The van der Waals surface area contributed by atoms with Crippen LogP contribution in [0.4, 0.5) is 0 Å². The Morgan fingerprint density at radius 1 is 0.464 bits per heavy atom. The lowest BCUT2D eigenvalue weighted by atomic mass is 9.95. The molecule has 0 radical (unpaired) electrons. The molecule has 0 atom stereocenters. The van der Waals surface area contributed by atoms with E-state index >= 15 is 0 Å². The average Bonchev–Trinajstić information content (AvgIpc) is 3.20. The molecule has 3 fully saturated rings. The van der Waals surface area contributed by atoms with Gasteiger partial charge in [0, 0.05) is 13.2 Å². The van der Waals surface area contributed by atoms with E-state index in [1.165, 1.54) is 83.5 Å². The summed E-state index contributed by atoms with van der Waals surface area (Å²) in [6, 6.07) is 0. The van der Waals surface area contributed by atoms with Crippen molar-refractivity contribution in [2.24, 2.45) is 23.7 Å². The maximum absolute atomic E-state index is 5.07. The second-order valence-corrected chi connectivity index (χ2v) is 10.5. The van der Waals surface area contributed by atoms with Gasteiger partial charge in [-0.25, -0.2) is 0 Å². The van der Waals surface area contributed by atoms with Gasteiger partial charge in [0.05, 0.1) is 0 Å². The molecule has 3 rings (SSSR count). The van der Waals surface area contributed by atoms with E-state index in [4.69, 9.17) is 4.74 Å². The molecule has 1 saturated heterocycles. The Balaban J connectivity index is 0. The molecule has 0 aromatic rings. The monoisotopic (exact) mass is 398 g/mol. The third kappa shape index (κ3) is 30.7. The summed E-state index contributed by atoms with van der Waals surface area (Å²) in [7, 11) is 0. The molecule has 0 bridgehead atoms. The van der Waals surface area contributed by atoms with Crippen molar-refractivity contribution in [3.8, 4) is 0 Å². The van der Waals surface area contributed by atoms with Gasteiger partial charge in [-0.3, -0.25) is 0 Å². The van der Waals surface area contributed by atoms with E-state index in [1.54, 1.807) is 0 Å². The molecular formula is C27H58O. The minimum Gasteiger partial charge on any atom is -0.381 e. The molecule has 3 aliphatic rings. The van der Waals surface area contributed by atoms with Gasteiger partial charge in [-0.2, -0.15) is 0 Å². The largest absolute Gasteiger partial charge is 0.381 e. The van der Waals surface area contributed by atoms with Crippen LogP contribution in [-0.4, -0.2) is 13.2 Å². The van der Waals surface area contributed by atoms with Crippen LogP contribution in [-0.2, 0) is 4.74 Å². The smallest absolute Gasteiger partial charge is 0.0466 e. The molecule has 0 amide bonds. The van der Waals surface area contributed by atoms with E-state index in [1.807, 2.05) is 0 Å². The third-order valence-corrected chi connectivity index (χ3v) is 4.92. The summed E-state index contributed by atoms with van der Waals surface area (Å²) < 4.78 is 5.07. The third-order valence-electron chi connectivity index (χ3n) is 4.92. The van der Waals surface area contributed by atoms with Gasteiger partial charge in [0.1, 0.15) is 0 Å². The Kier molecular flexibility index (Phi) is 25.0. The number of hydrogen-bond donors (Lipinski definition) is 0. The predicted octanol–water partition coefficient (Wildman–Crippen LogP) is 9.68. The van der Waals surface area contributed by atoms with Crippen LogP contribution in [0.15, 0.2) is 0 Å². The number of ether oxygens (including phenoxy) is 1. The second-order valence-electron chi connectivity index (χ2n) is 10.5. The molecule has 28 heavy (non-hydrogen) atoms. The van der Waals surface area contributed by atoms with Crippen molar-refractivity contribution >= 4 is 0 Å². The Morgan fingerprint density at radius 3 is 0.893 bits per heavy atom. The molecule has 1 aliphatic heterocycles. The van der Waals surface area contributed by atoms with Crippen molar-refractivity contribution in [1.82, 2.24) is 0 Å². The molecular weight excluding hydrogens is 340 g/mol. The van der Waals surface area contributed by atoms with Gasteiger partial charge in [0.25, 0.3) is 0 Å². The van der Waals surface area contributed by atoms with Crippen LogP contribution >= 0.6 is 0 Å². The molecule has 1 heterocycles. The summed E-state index contributed by atoms with van der Waals surface area (Å²) in [5.41, 5.74) is 0. The molecule has 0 aromatic heterocycles. The Hall–Kier alpha value is -0.0400. The molecule has 0 N–H and O–H groups in total. The first-order chi connectivity index (χ1) is 13.3. The lowest BCUT2D eigenvalue weighted by Crippen LogP contribution is -2.03. The Labute approximate surface area is 180 Å². The van der Waals surface area contributed by atoms with Crippen molar-refractivity contribution in [2.75, 3.05) is 13.2 Å². The Bertz CT molecular complexity index is 209. The van der Waals surface area contributed by atoms with Crippen LogP contribution in [0.25, 0.3) is 0 Å². The summed E-state index contributed by atoms with van der Waals surface area (Å²) in [6.45, 7) is 19.7. The number of hydrogen-bond acceptors (Lipinski definition) is 1. The number of rotatable bonds is 1. The highest BCUT2D eigenvalue weighted by Gasteiger charge is 2.17. The first-order valence-corrected chi connectivity index (χ1v) is 12.8. The Morgan fingerprint density at radius 2 is 0.750 bits per heavy atom. The van der Waals surface area contributed by atoms with Crippen molar-refractivity contribution in [3.05, 3.63) is 0 Å². The molecule has 0 spiro atoms. The first-order valence-electron chi connectivity index (χ1n) is 12.8. The standard InChI is InChI=1S/C8H16.C6H12.C5H10O.2C4H10/c1-7(2)8-5-3-4-6-8;2*1-2-4-6-5-3-1;2*1-4(2)3/h7-8H,3-6H2,1-2H3;1-6H2;1-5H2;2*4H,1-3H3. The van der Waals surface area contributed by atoms with Crippen LogP contribution in [0.1, 0.15) is 139 Å². The first kappa shape index (κ1) is 30.2. The minimum absolute atomic E-state index is 0.833. The summed E-state index contributed by atoms with van der Waals surface area (Å²) >= 11 is 0. The highest BCUT2D eigenvalue weighted by atomic mass is 16.5. The molecule has 2 aliphatic carbocycles. The van der Waals surface area contributed by atoms with E-state index in [9.17, 15) is 0 Å². The molecule has 0 aromatic carbocycles. The lowest BCUT2D eigenvalue weighted by molar-refractivity contribution is 0.0968. The maximum Gasteiger partial charge on any atom is 0.0466 e. The summed E-state index contributed by atoms with van der Waals surface area (Å²) in [5, 5.41) is 0. The van der Waals surface area contributed by atoms with Gasteiger partial charge >= 0.3 is 0 Å².